The Bertz CT molecular complexity index is 1320. The third-order valence-corrected chi connectivity index (χ3v) is 8.06. The van der Waals surface area contributed by atoms with E-state index in [1.165, 1.54) is 4.31 Å². The maximum absolute atomic E-state index is 12.9. The lowest BCUT2D eigenvalue weighted by Crippen LogP contribution is -2.39. The summed E-state index contributed by atoms with van der Waals surface area (Å²) in [5.41, 5.74) is 2.64. The van der Waals surface area contributed by atoms with Crippen LogP contribution in [0.5, 0.6) is 0 Å². The normalized spacial score (nSPS) is 14.9. The Morgan fingerprint density at radius 3 is 2.33 bits per heavy atom. The van der Waals surface area contributed by atoms with E-state index in [9.17, 15) is 18.3 Å². The van der Waals surface area contributed by atoms with Crippen molar-refractivity contribution in [1.29, 1.82) is 0 Å². The molecule has 10 nitrogen and oxygen atoms in total. The van der Waals surface area contributed by atoms with Crippen molar-refractivity contribution in [1.82, 2.24) is 14.3 Å². The van der Waals surface area contributed by atoms with Gasteiger partial charge in [0.25, 0.3) is 0 Å². The van der Waals surface area contributed by atoms with Crippen molar-refractivity contribution in [2.45, 2.75) is 23.8 Å². The van der Waals surface area contributed by atoms with Gasteiger partial charge in [0.1, 0.15) is 0 Å². The number of benzene rings is 2. The number of carbonyl (C=O) groups is 1. The topological polar surface area (TPSA) is 119 Å². The third-order valence-electron chi connectivity index (χ3n) is 6.15. The van der Waals surface area contributed by atoms with Gasteiger partial charge in [0.2, 0.25) is 16.0 Å². The number of aldehydes is 1. The molecule has 1 aliphatic heterocycles. The number of hydrogen-bond donors (Lipinski definition) is 2. The fraction of sp³-hybridized carbons (Fsp3) is 0.320. The largest absolute Gasteiger partial charge is 0.393 e. The lowest BCUT2D eigenvalue weighted by atomic mass is 10.1. The van der Waals surface area contributed by atoms with Crippen LogP contribution in [0.2, 0.25) is 0 Å². The van der Waals surface area contributed by atoms with Crippen LogP contribution in [-0.2, 0) is 10.0 Å². The fourth-order valence-corrected chi connectivity index (χ4v) is 5.54. The van der Waals surface area contributed by atoms with E-state index < -0.39 is 16.1 Å². The molecular weight excluding hydrogens is 480 g/mol. The number of carbonyl (C=O) groups excluding carboxylic acids is 1. The second-order valence-corrected chi connectivity index (χ2v) is 10.8. The molecule has 1 aromatic heterocycles. The minimum Gasteiger partial charge on any atom is -0.393 e. The Labute approximate surface area is 211 Å². The number of anilines is 5. The van der Waals surface area contributed by atoms with Crippen molar-refractivity contribution in [3.63, 3.8) is 0 Å². The molecule has 1 saturated heterocycles. The summed E-state index contributed by atoms with van der Waals surface area (Å²) in [6, 6.07) is 13.7. The molecule has 4 rings (SSSR count). The predicted molar refractivity (Wildman–Crippen MR) is 140 cm³/mol. The molecule has 0 amide bonds. The molecule has 3 aromatic rings. The zero-order chi connectivity index (χ0) is 25.9. The van der Waals surface area contributed by atoms with Crippen molar-refractivity contribution in [3.8, 4) is 0 Å². The first-order chi connectivity index (χ1) is 17.2. The fourth-order valence-electron chi connectivity index (χ4n) is 4.07. The van der Waals surface area contributed by atoms with E-state index in [2.05, 4.69) is 15.3 Å². The molecule has 11 heteroatoms. The van der Waals surface area contributed by atoms with Gasteiger partial charge in [0.15, 0.2) is 12.1 Å². The lowest BCUT2D eigenvalue weighted by molar-refractivity contribution is 0.112. The van der Waals surface area contributed by atoms with Crippen molar-refractivity contribution in [2.24, 2.45) is 0 Å². The Kier molecular flexibility index (Phi) is 7.53. The number of nitrogens with one attached hydrogen (secondary N) is 1. The minimum atomic E-state index is -3.62. The first-order valence-electron chi connectivity index (χ1n) is 11.6. The maximum Gasteiger partial charge on any atom is 0.243 e. The molecular formula is C25H30N6O4S. The minimum absolute atomic E-state index is 0.194. The van der Waals surface area contributed by atoms with Crippen LogP contribution < -0.4 is 15.1 Å². The highest BCUT2D eigenvalue weighted by molar-refractivity contribution is 7.89. The Morgan fingerprint density at radius 2 is 1.69 bits per heavy atom. The van der Waals surface area contributed by atoms with Gasteiger partial charge >= 0.3 is 0 Å². The number of sulfonamides is 1. The van der Waals surface area contributed by atoms with Crippen molar-refractivity contribution < 1.29 is 18.3 Å². The zero-order valence-electron chi connectivity index (χ0n) is 20.5. The van der Waals surface area contributed by atoms with E-state index in [0.29, 0.717) is 54.6 Å². The summed E-state index contributed by atoms with van der Waals surface area (Å²) < 4.78 is 27.3. The lowest BCUT2D eigenvalue weighted by Gasteiger charge is -2.28. The van der Waals surface area contributed by atoms with Gasteiger partial charge in [-0.1, -0.05) is 12.1 Å². The molecule has 0 saturated carbocycles. The van der Waals surface area contributed by atoms with E-state index in [-0.39, 0.29) is 4.90 Å². The van der Waals surface area contributed by atoms with Crippen LogP contribution in [0.1, 0.15) is 23.2 Å². The van der Waals surface area contributed by atoms with Gasteiger partial charge in [-0.2, -0.15) is 9.29 Å². The van der Waals surface area contributed by atoms with E-state index in [1.54, 1.807) is 42.6 Å². The Hall–Kier alpha value is -3.54. The molecule has 0 atom stereocenters. The standard InChI is InChI=1S/C25H30N6O4S/c1-29(2)23-16-26-25(28-24(23)30(3)22-7-5-4-6-18(22)17-32)27-19-8-10-21(11-9-19)36(34,35)31-14-12-20(33)13-15-31/h4-11,16-17,20,33H,12-15H2,1-3H3,(H,26,27,28). The van der Waals surface area contributed by atoms with Crippen LogP contribution in [0, 0.1) is 0 Å². The predicted octanol–water partition coefficient (Wildman–Crippen LogP) is 3.01. The quantitative estimate of drug-likeness (QED) is 0.441. The second kappa shape index (κ2) is 10.6. The summed E-state index contributed by atoms with van der Waals surface area (Å²) in [5.74, 6) is 0.921. The number of piperidine rings is 1. The monoisotopic (exact) mass is 510 g/mol. The summed E-state index contributed by atoms with van der Waals surface area (Å²) in [4.78, 5) is 24.6. The van der Waals surface area contributed by atoms with Crippen LogP contribution in [-0.4, -0.2) is 74.4 Å². The highest BCUT2D eigenvalue weighted by Gasteiger charge is 2.28. The van der Waals surface area contributed by atoms with E-state index >= 15 is 0 Å². The molecule has 0 radical (unpaired) electrons. The average Bonchev–Trinajstić information content (AvgIpc) is 2.88. The smallest absolute Gasteiger partial charge is 0.243 e. The molecule has 36 heavy (non-hydrogen) atoms. The molecule has 0 spiro atoms. The summed E-state index contributed by atoms with van der Waals surface area (Å²) in [6.07, 6.45) is 2.93. The Balaban J connectivity index is 1.58. The molecule has 1 fully saturated rings. The van der Waals surface area contributed by atoms with Gasteiger partial charge in [-0.05, 0) is 49.2 Å². The SMILES string of the molecule is CN(C)c1cnc(Nc2ccc(S(=O)(=O)N3CCC(O)CC3)cc2)nc1N(C)c1ccccc1C=O. The highest BCUT2D eigenvalue weighted by Crippen LogP contribution is 2.33. The van der Waals surface area contributed by atoms with Crippen molar-refractivity contribution in [2.75, 3.05) is 49.3 Å². The van der Waals surface area contributed by atoms with E-state index in [1.807, 2.05) is 43.1 Å². The van der Waals surface area contributed by atoms with Crippen LogP contribution in [0.4, 0.5) is 28.8 Å². The molecule has 2 N–H and O–H groups in total. The first-order valence-corrected chi connectivity index (χ1v) is 13.0. The van der Waals surface area contributed by atoms with Crippen LogP contribution in [0.15, 0.2) is 59.6 Å². The van der Waals surface area contributed by atoms with Gasteiger partial charge in [0.05, 0.1) is 28.6 Å². The van der Waals surface area contributed by atoms with Gasteiger partial charge in [-0.15, -0.1) is 0 Å². The third kappa shape index (κ3) is 5.32. The molecule has 0 bridgehead atoms. The van der Waals surface area contributed by atoms with Crippen LogP contribution in [0.25, 0.3) is 0 Å². The van der Waals surface area contributed by atoms with Gasteiger partial charge in [0, 0.05) is 45.5 Å². The number of rotatable bonds is 8. The van der Waals surface area contributed by atoms with Crippen LogP contribution in [0.3, 0.4) is 0 Å². The summed E-state index contributed by atoms with van der Waals surface area (Å²) in [7, 11) is 1.98. The average molecular weight is 511 g/mol. The zero-order valence-corrected chi connectivity index (χ0v) is 21.3. The molecule has 1 aliphatic rings. The number of nitrogens with zero attached hydrogens (tertiary/aromatic N) is 5. The number of aliphatic hydroxyl groups is 1. The van der Waals surface area contributed by atoms with Crippen LogP contribution >= 0.6 is 0 Å². The number of para-hydroxylation sites is 1. The second-order valence-electron chi connectivity index (χ2n) is 8.82. The van der Waals surface area contributed by atoms with Crippen molar-refractivity contribution >= 4 is 45.1 Å². The van der Waals surface area contributed by atoms with Gasteiger partial charge < -0.3 is 20.2 Å². The number of aliphatic hydroxyl groups excluding tert-OH is 1. The molecule has 2 aromatic carbocycles. The highest BCUT2D eigenvalue weighted by atomic mass is 32.2. The number of aromatic nitrogens is 2. The summed E-state index contributed by atoms with van der Waals surface area (Å²) in [5, 5.41) is 12.8. The molecule has 2 heterocycles. The summed E-state index contributed by atoms with van der Waals surface area (Å²) >= 11 is 0. The van der Waals surface area contributed by atoms with E-state index in [4.69, 9.17) is 0 Å². The first kappa shape index (κ1) is 25.5. The van der Waals surface area contributed by atoms with Gasteiger partial charge in [-0.3, -0.25) is 4.79 Å². The molecule has 0 aliphatic carbocycles. The Morgan fingerprint density at radius 1 is 1.03 bits per heavy atom. The van der Waals surface area contributed by atoms with Gasteiger partial charge in [-0.25, -0.2) is 13.4 Å². The maximum atomic E-state index is 12.9. The molecule has 190 valence electrons. The summed E-state index contributed by atoms with van der Waals surface area (Å²) in [6.45, 7) is 0.609. The number of hydrogen-bond acceptors (Lipinski definition) is 9. The molecule has 0 unspecified atom stereocenters. The van der Waals surface area contributed by atoms with E-state index in [0.717, 1.165) is 12.0 Å². The van der Waals surface area contributed by atoms with Crippen molar-refractivity contribution in [3.05, 3.63) is 60.3 Å².